The van der Waals surface area contributed by atoms with Crippen molar-refractivity contribution in [1.82, 2.24) is 0 Å². The molecule has 0 fully saturated rings. The molecule has 0 aromatic heterocycles. The standard InChI is InChI=1S/C29H46O8P2/c1-7-38(32,8-2)36-21-25(30)19-34-27-15-11-23(12-16-27)29(5,6)24-13-17-28(18-14-24)35-20-26(31)22-37-39(33,9-3)10-4/h11-18,25-26,30-31H,7-10,19-22H2,1-6H3. The fraction of sp³-hybridized carbons (Fsp3) is 0.586. The number of aliphatic hydroxyl groups is 2. The van der Waals surface area contributed by atoms with Crippen molar-refractivity contribution in [2.45, 2.75) is 59.2 Å². The highest BCUT2D eigenvalue weighted by Crippen LogP contribution is 2.46. The SMILES string of the molecule is CCP(=O)(CC)OCC(O)COc1ccc(C(C)(C)c2ccc(OCC(O)COP(=O)(CC)CC)cc2)cc1. The smallest absolute Gasteiger partial charge is 0.202 e. The number of ether oxygens (including phenoxy) is 2. The maximum Gasteiger partial charge on any atom is 0.202 e. The molecule has 0 spiro atoms. The second kappa shape index (κ2) is 15.4. The van der Waals surface area contributed by atoms with Crippen molar-refractivity contribution in [1.29, 1.82) is 0 Å². The fourth-order valence-electron chi connectivity index (χ4n) is 3.84. The first-order valence-corrected chi connectivity index (χ1v) is 17.7. The molecule has 2 rings (SSSR count). The lowest BCUT2D eigenvalue weighted by Crippen LogP contribution is -2.23. The third kappa shape index (κ3) is 10.4. The first-order valence-electron chi connectivity index (χ1n) is 13.7. The summed E-state index contributed by atoms with van der Waals surface area (Å²) in [6.45, 7) is 11.6. The van der Waals surface area contributed by atoms with Crippen LogP contribution in [0.2, 0.25) is 0 Å². The summed E-state index contributed by atoms with van der Waals surface area (Å²) < 4.78 is 46.9. The van der Waals surface area contributed by atoms with Crippen LogP contribution in [0.3, 0.4) is 0 Å². The van der Waals surface area contributed by atoms with Gasteiger partial charge >= 0.3 is 0 Å². The van der Waals surface area contributed by atoms with Crippen LogP contribution in [-0.2, 0) is 23.6 Å². The van der Waals surface area contributed by atoms with Crippen molar-refractivity contribution in [3.05, 3.63) is 59.7 Å². The van der Waals surface area contributed by atoms with Crippen molar-refractivity contribution in [2.24, 2.45) is 0 Å². The van der Waals surface area contributed by atoms with E-state index >= 15 is 0 Å². The molecular weight excluding hydrogens is 538 g/mol. The first kappa shape index (κ1) is 33.5. The van der Waals surface area contributed by atoms with Gasteiger partial charge in [-0.3, -0.25) is 9.13 Å². The van der Waals surface area contributed by atoms with Crippen LogP contribution in [0.5, 0.6) is 11.5 Å². The molecule has 0 saturated carbocycles. The van der Waals surface area contributed by atoms with E-state index in [1.165, 1.54) is 0 Å². The summed E-state index contributed by atoms with van der Waals surface area (Å²) in [4.78, 5) is 0. The number of hydrogen-bond donors (Lipinski definition) is 2. The van der Waals surface area contributed by atoms with Gasteiger partial charge in [-0.1, -0.05) is 65.8 Å². The molecule has 0 bridgehead atoms. The van der Waals surface area contributed by atoms with Crippen LogP contribution in [0.4, 0.5) is 0 Å². The molecule has 39 heavy (non-hydrogen) atoms. The Balaban J connectivity index is 1.89. The lowest BCUT2D eigenvalue weighted by molar-refractivity contribution is 0.0636. The first-order chi connectivity index (χ1) is 18.4. The van der Waals surface area contributed by atoms with Crippen molar-refractivity contribution in [3.63, 3.8) is 0 Å². The molecule has 0 aliphatic rings. The molecule has 2 N–H and O–H groups in total. The van der Waals surface area contributed by atoms with Gasteiger partial charge in [0.05, 0.1) is 13.2 Å². The lowest BCUT2D eigenvalue weighted by atomic mass is 9.78. The van der Waals surface area contributed by atoms with Crippen LogP contribution in [0.15, 0.2) is 48.5 Å². The summed E-state index contributed by atoms with van der Waals surface area (Å²) >= 11 is 0. The Kier molecular flexibility index (Phi) is 13.2. The van der Waals surface area contributed by atoms with E-state index in [1.807, 2.05) is 76.2 Å². The Hall–Kier alpha value is -1.66. The zero-order valence-electron chi connectivity index (χ0n) is 24.2. The van der Waals surface area contributed by atoms with Gasteiger partial charge in [-0.2, -0.15) is 0 Å². The van der Waals surface area contributed by atoms with E-state index in [0.29, 0.717) is 36.1 Å². The van der Waals surface area contributed by atoms with Crippen LogP contribution in [0.1, 0.15) is 52.7 Å². The van der Waals surface area contributed by atoms with Gasteiger partial charge in [-0.05, 0) is 35.4 Å². The van der Waals surface area contributed by atoms with E-state index in [-0.39, 0.29) is 31.8 Å². The molecule has 220 valence electrons. The Morgan fingerprint density at radius 1 is 0.615 bits per heavy atom. The summed E-state index contributed by atoms with van der Waals surface area (Å²) in [5, 5.41) is 20.3. The van der Waals surface area contributed by atoms with E-state index in [4.69, 9.17) is 18.5 Å². The average Bonchev–Trinajstić information content (AvgIpc) is 2.96. The number of aliphatic hydroxyl groups excluding tert-OH is 2. The minimum Gasteiger partial charge on any atom is -0.491 e. The number of benzene rings is 2. The number of hydrogen-bond acceptors (Lipinski definition) is 8. The minimum absolute atomic E-state index is 0.0175. The van der Waals surface area contributed by atoms with Gasteiger partial charge < -0.3 is 28.7 Å². The number of rotatable bonds is 18. The Bertz CT molecular complexity index is 984. The highest BCUT2D eigenvalue weighted by atomic mass is 31.2. The molecule has 10 heteroatoms. The van der Waals surface area contributed by atoms with E-state index in [9.17, 15) is 19.3 Å². The molecule has 2 unspecified atom stereocenters. The molecule has 0 aliphatic heterocycles. The monoisotopic (exact) mass is 584 g/mol. The van der Waals surface area contributed by atoms with Gasteiger partial charge in [0.1, 0.15) is 36.9 Å². The van der Waals surface area contributed by atoms with E-state index in [1.54, 1.807) is 0 Å². The predicted octanol–water partition coefficient (Wildman–Crippen LogP) is 6.16. The topological polar surface area (TPSA) is 112 Å². The normalized spacial score (nSPS) is 14.2. The lowest BCUT2D eigenvalue weighted by Gasteiger charge is -2.26. The Morgan fingerprint density at radius 2 is 0.923 bits per heavy atom. The largest absolute Gasteiger partial charge is 0.491 e. The molecule has 8 nitrogen and oxygen atoms in total. The predicted molar refractivity (Wildman–Crippen MR) is 157 cm³/mol. The van der Waals surface area contributed by atoms with Gasteiger partial charge in [-0.25, -0.2) is 0 Å². The van der Waals surface area contributed by atoms with Crippen molar-refractivity contribution in [2.75, 3.05) is 51.1 Å². The summed E-state index contributed by atoms with van der Waals surface area (Å²) in [5.74, 6) is 1.26. The quantitative estimate of drug-likeness (QED) is 0.201. The van der Waals surface area contributed by atoms with E-state index in [2.05, 4.69) is 13.8 Å². The van der Waals surface area contributed by atoms with Gasteiger partial charge in [0.15, 0.2) is 0 Å². The van der Waals surface area contributed by atoms with E-state index in [0.717, 1.165) is 11.1 Å². The second-order valence-corrected chi connectivity index (χ2v) is 16.4. The highest BCUT2D eigenvalue weighted by molar-refractivity contribution is 7.59. The zero-order chi connectivity index (χ0) is 29.1. The van der Waals surface area contributed by atoms with Crippen molar-refractivity contribution >= 4 is 14.7 Å². The summed E-state index contributed by atoms with van der Waals surface area (Å²) in [6.07, 6.45) is 0.0719. The second-order valence-electron chi connectivity index (χ2n) is 10.1. The molecule has 0 saturated heterocycles. The van der Waals surface area contributed by atoms with Crippen LogP contribution >= 0.6 is 14.7 Å². The molecule has 2 aromatic carbocycles. The molecule has 0 heterocycles. The molecule has 0 amide bonds. The van der Waals surface area contributed by atoms with Crippen LogP contribution in [0, 0.1) is 0 Å². The zero-order valence-corrected chi connectivity index (χ0v) is 26.0. The minimum atomic E-state index is -2.66. The van der Waals surface area contributed by atoms with Crippen molar-refractivity contribution in [3.8, 4) is 11.5 Å². The molecule has 2 atom stereocenters. The van der Waals surface area contributed by atoms with Crippen LogP contribution in [0.25, 0.3) is 0 Å². The Labute approximate surface area is 233 Å². The molecular formula is C29H46O8P2. The third-order valence-corrected chi connectivity index (χ3v) is 12.1. The van der Waals surface area contributed by atoms with Gasteiger partial charge in [0, 0.05) is 30.1 Å². The molecule has 2 aromatic rings. The van der Waals surface area contributed by atoms with Gasteiger partial charge in [0.25, 0.3) is 0 Å². The Morgan fingerprint density at radius 3 is 1.21 bits per heavy atom. The van der Waals surface area contributed by atoms with Crippen LogP contribution in [-0.4, -0.2) is 73.5 Å². The third-order valence-electron chi connectivity index (χ3n) is 6.97. The average molecular weight is 585 g/mol. The van der Waals surface area contributed by atoms with Gasteiger partial charge in [-0.15, -0.1) is 0 Å². The fourth-order valence-corrected chi connectivity index (χ4v) is 6.35. The molecule has 0 radical (unpaired) electrons. The summed E-state index contributed by atoms with van der Waals surface area (Å²) in [7, 11) is -5.31. The maximum absolute atomic E-state index is 12.3. The van der Waals surface area contributed by atoms with Gasteiger partial charge in [0.2, 0.25) is 14.7 Å². The highest BCUT2D eigenvalue weighted by Gasteiger charge is 2.24. The summed E-state index contributed by atoms with van der Waals surface area (Å²) in [6, 6.07) is 15.4. The van der Waals surface area contributed by atoms with E-state index < -0.39 is 26.9 Å². The van der Waals surface area contributed by atoms with Crippen LogP contribution < -0.4 is 9.47 Å². The summed E-state index contributed by atoms with van der Waals surface area (Å²) in [5.41, 5.74) is 1.88. The maximum atomic E-state index is 12.3. The van der Waals surface area contributed by atoms with Crippen molar-refractivity contribution < 1.29 is 37.9 Å². The molecule has 0 aliphatic carbocycles.